The highest BCUT2D eigenvalue weighted by Gasteiger charge is 2.29. The molecule has 0 aromatic heterocycles. The van der Waals surface area contributed by atoms with Gasteiger partial charge in [0.25, 0.3) is 0 Å². The molecule has 1 aromatic rings. The Balaban J connectivity index is 2.10. The molecular formula is C14H19ClN2O3. The van der Waals surface area contributed by atoms with E-state index in [1.807, 2.05) is 13.0 Å². The molecule has 2 atom stereocenters. The summed E-state index contributed by atoms with van der Waals surface area (Å²) in [6.45, 7) is 2.57. The van der Waals surface area contributed by atoms with Crippen molar-refractivity contribution in [3.63, 3.8) is 0 Å². The summed E-state index contributed by atoms with van der Waals surface area (Å²) in [4.78, 5) is 12.2. The largest absolute Gasteiger partial charge is 0.495 e. The van der Waals surface area contributed by atoms with E-state index in [-0.39, 0.29) is 18.1 Å². The van der Waals surface area contributed by atoms with Crippen molar-refractivity contribution in [2.75, 3.05) is 26.1 Å². The molecule has 1 aromatic carbocycles. The van der Waals surface area contributed by atoms with E-state index < -0.39 is 0 Å². The Bertz CT molecular complexity index is 507. The molecule has 0 spiro atoms. The molecule has 0 saturated carbocycles. The third-order valence-electron chi connectivity index (χ3n) is 3.48. The number of carbonyl (C=O) groups is 1. The molecule has 6 heteroatoms. The van der Waals surface area contributed by atoms with Gasteiger partial charge in [-0.1, -0.05) is 11.6 Å². The van der Waals surface area contributed by atoms with Crippen LogP contribution in [0.4, 0.5) is 5.69 Å². The molecule has 2 rings (SSSR count). The Hall–Kier alpha value is -1.30. The molecule has 1 fully saturated rings. The van der Waals surface area contributed by atoms with E-state index in [0.29, 0.717) is 29.4 Å². The molecule has 1 saturated heterocycles. The molecule has 0 bridgehead atoms. The first kappa shape index (κ1) is 15.1. The molecule has 110 valence electrons. The topological polar surface area (TPSA) is 59.6 Å². The molecule has 1 amide bonds. The first-order chi connectivity index (χ1) is 9.55. The maximum absolute atomic E-state index is 12.2. The summed E-state index contributed by atoms with van der Waals surface area (Å²) in [5, 5.41) is 6.62. The van der Waals surface area contributed by atoms with Gasteiger partial charge in [-0.2, -0.15) is 0 Å². The molecule has 2 unspecified atom stereocenters. The number of aryl methyl sites for hydroxylation is 1. The van der Waals surface area contributed by atoms with Crippen molar-refractivity contribution in [3.05, 3.63) is 22.7 Å². The number of amides is 1. The number of methoxy groups -OCH3 is 2. The van der Waals surface area contributed by atoms with Gasteiger partial charge in [0.15, 0.2) is 0 Å². The van der Waals surface area contributed by atoms with Crippen molar-refractivity contribution < 1.29 is 14.3 Å². The molecule has 1 aliphatic heterocycles. The number of rotatable bonds is 4. The molecule has 1 aliphatic rings. The molecular weight excluding hydrogens is 280 g/mol. The first-order valence-corrected chi connectivity index (χ1v) is 6.84. The van der Waals surface area contributed by atoms with Gasteiger partial charge in [-0.05, 0) is 25.0 Å². The van der Waals surface area contributed by atoms with Crippen molar-refractivity contribution in [2.45, 2.75) is 25.5 Å². The average Bonchev–Trinajstić information content (AvgIpc) is 2.91. The molecule has 0 aliphatic carbocycles. The SMILES string of the molecule is COc1cc(Cl)c(C)cc1NC(=O)C1CC(OC)CN1. The van der Waals surface area contributed by atoms with Gasteiger partial charge < -0.3 is 20.1 Å². The van der Waals surface area contributed by atoms with Crippen molar-refractivity contribution in [1.29, 1.82) is 0 Å². The molecule has 20 heavy (non-hydrogen) atoms. The van der Waals surface area contributed by atoms with E-state index in [2.05, 4.69) is 10.6 Å². The quantitative estimate of drug-likeness (QED) is 0.892. The van der Waals surface area contributed by atoms with Crippen molar-refractivity contribution in [1.82, 2.24) is 5.32 Å². The monoisotopic (exact) mass is 298 g/mol. The highest BCUT2D eigenvalue weighted by atomic mass is 35.5. The Labute approximate surface area is 123 Å². The molecule has 0 radical (unpaired) electrons. The van der Waals surface area contributed by atoms with Gasteiger partial charge >= 0.3 is 0 Å². The van der Waals surface area contributed by atoms with Gasteiger partial charge in [-0.3, -0.25) is 4.79 Å². The molecule has 5 nitrogen and oxygen atoms in total. The predicted molar refractivity (Wildman–Crippen MR) is 78.6 cm³/mol. The number of hydrogen-bond acceptors (Lipinski definition) is 4. The first-order valence-electron chi connectivity index (χ1n) is 6.46. The number of ether oxygens (including phenoxy) is 2. The van der Waals surface area contributed by atoms with Crippen LogP contribution >= 0.6 is 11.6 Å². The van der Waals surface area contributed by atoms with Crippen LogP contribution in [0.25, 0.3) is 0 Å². The van der Waals surface area contributed by atoms with Crippen molar-refractivity contribution in [3.8, 4) is 5.75 Å². The van der Waals surface area contributed by atoms with Gasteiger partial charge in [-0.25, -0.2) is 0 Å². The van der Waals surface area contributed by atoms with E-state index in [9.17, 15) is 4.79 Å². The van der Waals surface area contributed by atoms with Crippen LogP contribution in [0.5, 0.6) is 5.75 Å². The minimum absolute atomic E-state index is 0.0830. The summed E-state index contributed by atoms with van der Waals surface area (Å²) in [6, 6.07) is 3.26. The Morgan fingerprint density at radius 3 is 2.80 bits per heavy atom. The predicted octanol–water partition coefficient (Wildman–Crippen LogP) is 1.97. The lowest BCUT2D eigenvalue weighted by molar-refractivity contribution is -0.118. The van der Waals surface area contributed by atoms with Crippen LogP contribution in [-0.4, -0.2) is 38.8 Å². The van der Waals surface area contributed by atoms with E-state index >= 15 is 0 Å². The Morgan fingerprint density at radius 1 is 1.45 bits per heavy atom. The van der Waals surface area contributed by atoms with Crippen LogP contribution in [-0.2, 0) is 9.53 Å². The van der Waals surface area contributed by atoms with E-state index in [1.165, 1.54) is 0 Å². The summed E-state index contributed by atoms with van der Waals surface area (Å²) in [5.74, 6) is 0.458. The standard InChI is InChI=1S/C14H19ClN2O3/c1-8-4-11(13(20-3)6-10(8)15)17-14(18)12-5-9(19-2)7-16-12/h4,6,9,12,16H,5,7H2,1-3H3,(H,17,18). The lowest BCUT2D eigenvalue weighted by atomic mass is 10.1. The maximum Gasteiger partial charge on any atom is 0.241 e. The fraction of sp³-hybridized carbons (Fsp3) is 0.500. The minimum Gasteiger partial charge on any atom is -0.495 e. The third kappa shape index (κ3) is 3.23. The van der Waals surface area contributed by atoms with Crippen LogP contribution < -0.4 is 15.4 Å². The second-order valence-corrected chi connectivity index (χ2v) is 5.25. The van der Waals surface area contributed by atoms with Crippen LogP contribution in [0, 0.1) is 6.92 Å². The highest BCUT2D eigenvalue weighted by Crippen LogP contribution is 2.31. The van der Waals surface area contributed by atoms with Crippen LogP contribution in [0.3, 0.4) is 0 Å². The fourth-order valence-electron chi connectivity index (χ4n) is 2.23. The number of anilines is 1. The Morgan fingerprint density at radius 2 is 2.20 bits per heavy atom. The zero-order valence-corrected chi connectivity index (χ0v) is 12.6. The fourth-order valence-corrected chi connectivity index (χ4v) is 2.39. The lowest BCUT2D eigenvalue weighted by Gasteiger charge is -2.15. The zero-order chi connectivity index (χ0) is 14.7. The van der Waals surface area contributed by atoms with Gasteiger partial charge in [0.2, 0.25) is 5.91 Å². The zero-order valence-electron chi connectivity index (χ0n) is 11.8. The number of hydrogen-bond donors (Lipinski definition) is 2. The Kier molecular flexibility index (Phi) is 4.86. The van der Waals surface area contributed by atoms with Crippen molar-refractivity contribution in [2.24, 2.45) is 0 Å². The molecule has 1 heterocycles. The van der Waals surface area contributed by atoms with Crippen LogP contribution in [0.15, 0.2) is 12.1 Å². The van der Waals surface area contributed by atoms with Crippen LogP contribution in [0.2, 0.25) is 5.02 Å². The lowest BCUT2D eigenvalue weighted by Crippen LogP contribution is -2.35. The number of nitrogens with one attached hydrogen (secondary N) is 2. The van der Waals surface area contributed by atoms with Gasteiger partial charge in [-0.15, -0.1) is 0 Å². The summed E-state index contributed by atoms with van der Waals surface area (Å²) < 4.78 is 10.5. The van der Waals surface area contributed by atoms with Crippen molar-refractivity contribution >= 4 is 23.2 Å². The maximum atomic E-state index is 12.2. The summed E-state index contributed by atoms with van der Waals surface area (Å²) in [5.41, 5.74) is 1.51. The second kappa shape index (κ2) is 6.43. The van der Waals surface area contributed by atoms with Crippen LogP contribution in [0.1, 0.15) is 12.0 Å². The summed E-state index contributed by atoms with van der Waals surface area (Å²) in [6.07, 6.45) is 0.747. The van der Waals surface area contributed by atoms with Gasteiger partial charge in [0, 0.05) is 24.7 Å². The van der Waals surface area contributed by atoms with E-state index in [4.69, 9.17) is 21.1 Å². The minimum atomic E-state index is -0.249. The molecule has 2 N–H and O–H groups in total. The highest BCUT2D eigenvalue weighted by molar-refractivity contribution is 6.31. The van der Waals surface area contributed by atoms with E-state index in [1.54, 1.807) is 20.3 Å². The van der Waals surface area contributed by atoms with E-state index in [0.717, 1.165) is 5.56 Å². The average molecular weight is 299 g/mol. The normalized spacial score (nSPS) is 21.8. The number of benzene rings is 1. The second-order valence-electron chi connectivity index (χ2n) is 4.85. The summed E-state index contributed by atoms with van der Waals surface area (Å²) in [7, 11) is 3.20. The summed E-state index contributed by atoms with van der Waals surface area (Å²) >= 11 is 6.04. The van der Waals surface area contributed by atoms with Gasteiger partial charge in [0.1, 0.15) is 5.75 Å². The third-order valence-corrected chi connectivity index (χ3v) is 3.89. The van der Waals surface area contributed by atoms with Gasteiger partial charge in [0.05, 0.1) is 24.9 Å². The number of carbonyl (C=O) groups excluding carboxylic acids is 1. The smallest absolute Gasteiger partial charge is 0.241 e. The number of halogens is 1.